The minimum absolute atomic E-state index is 0.252. The number of benzene rings is 1. The SMILES string of the molecule is Cc1cc(F)ccc1CC(O)C1COCCO1. The molecule has 1 heterocycles. The van der Waals surface area contributed by atoms with Gasteiger partial charge in [-0.2, -0.15) is 0 Å². The number of rotatable bonds is 3. The number of halogens is 1. The molecule has 1 aromatic carbocycles. The van der Waals surface area contributed by atoms with E-state index in [1.807, 2.05) is 6.92 Å². The van der Waals surface area contributed by atoms with Crippen molar-refractivity contribution in [2.24, 2.45) is 0 Å². The second kappa shape index (κ2) is 5.58. The van der Waals surface area contributed by atoms with E-state index in [0.29, 0.717) is 26.2 Å². The predicted octanol–water partition coefficient (Wildman–Crippen LogP) is 1.45. The summed E-state index contributed by atoms with van der Waals surface area (Å²) in [5.41, 5.74) is 1.79. The molecule has 3 nitrogen and oxygen atoms in total. The molecule has 1 aliphatic rings. The maximum atomic E-state index is 12.9. The van der Waals surface area contributed by atoms with Crippen LogP contribution in [-0.2, 0) is 15.9 Å². The highest BCUT2D eigenvalue weighted by Crippen LogP contribution is 2.16. The molecule has 1 N–H and O–H groups in total. The average molecular weight is 240 g/mol. The molecule has 0 aliphatic carbocycles. The zero-order chi connectivity index (χ0) is 12.3. The summed E-state index contributed by atoms with van der Waals surface area (Å²) in [6.07, 6.45) is -0.437. The van der Waals surface area contributed by atoms with Crippen LogP contribution in [0.2, 0.25) is 0 Å². The Morgan fingerprint density at radius 1 is 1.47 bits per heavy atom. The molecule has 1 aromatic rings. The Bertz CT molecular complexity index is 375. The minimum Gasteiger partial charge on any atom is -0.390 e. The van der Waals surface area contributed by atoms with Crippen LogP contribution in [0.5, 0.6) is 0 Å². The van der Waals surface area contributed by atoms with Crippen molar-refractivity contribution in [3.8, 4) is 0 Å². The molecule has 0 radical (unpaired) electrons. The van der Waals surface area contributed by atoms with Crippen LogP contribution >= 0.6 is 0 Å². The van der Waals surface area contributed by atoms with Crippen LogP contribution < -0.4 is 0 Å². The number of hydrogen-bond donors (Lipinski definition) is 1. The van der Waals surface area contributed by atoms with E-state index >= 15 is 0 Å². The zero-order valence-corrected chi connectivity index (χ0v) is 9.86. The van der Waals surface area contributed by atoms with Crippen molar-refractivity contribution >= 4 is 0 Å². The molecule has 0 saturated carbocycles. The van der Waals surface area contributed by atoms with E-state index < -0.39 is 6.10 Å². The van der Waals surface area contributed by atoms with Gasteiger partial charge < -0.3 is 14.6 Å². The summed E-state index contributed by atoms with van der Waals surface area (Å²) in [5.74, 6) is -0.252. The highest BCUT2D eigenvalue weighted by molar-refractivity contribution is 5.27. The number of aliphatic hydroxyl groups excluding tert-OH is 1. The Kier molecular flexibility index (Phi) is 4.10. The summed E-state index contributed by atoms with van der Waals surface area (Å²) < 4.78 is 23.6. The fraction of sp³-hybridized carbons (Fsp3) is 0.538. The highest BCUT2D eigenvalue weighted by Gasteiger charge is 2.23. The van der Waals surface area contributed by atoms with Crippen molar-refractivity contribution in [1.29, 1.82) is 0 Å². The monoisotopic (exact) mass is 240 g/mol. The van der Waals surface area contributed by atoms with Gasteiger partial charge in [0, 0.05) is 6.42 Å². The summed E-state index contributed by atoms with van der Waals surface area (Å²) in [7, 11) is 0. The highest BCUT2D eigenvalue weighted by atomic mass is 19.1. The smallest absolute Gasteiger partial charge is 0.123 e. The summed E-state index contributed by atoms with van der Waals surface area (Å²) in [6, 6.07) is 4.59. The molecular weight excluding hydrogens is 223 g/mol. The number of hydrogen-bond acceptors (Lipinski definition) is 3. The van der Waals surface area contributed by atoms with Gasteiger partial charge in [0.25, 0.3) is 0 Å². The van der Waals surface area contributed by atoms with Gasteiger partial charge in [-0.05, 0) is 30.2 Å². The first-order chi connectivity index (χ1) is 8.16. The van der Waals surface area contributed by atoms with Gasteiger partial charge in [0.1, 0.15) is 11.9 Å². The molecular formula is C13H17FO3. The topological polar surface area (TPSA) is 38.7 Å². The first-order valence-corrected chi connectivity index (χ1v) is 5.79. The van der Waals surface area contributed by atoms with E-state index in [4.69, 9.17) is 9.47 Å². The van der Waals surface area contributed by atoms with Gasteiger partial charge in [0.2, 0.25) is 0 Å². The number of aryl methyl sites for hydroxylation is 1. The van der Waals surface area contributed by atoms with Crippen molar-refractivity contribution in [3.05, 3.63) is 35.1 Å². The van der Waals surface area contributed by atoms with Crippen molar-refractivity contribution in [2.75, 3.05) is 19.8 Å². The molecule has 1 saturated heterocycles. The summed E-state index contributed by atoms with van der Waals surface area (Å²) in [6.45, 7) is 3.35. The Morgan fingerprint density at radius 3 is 2.94 bits per heavy atom. The third-order valence-corrected chi connectivity index (χ3v) is 3.00. The van der Waals surface area contributed by atoms with Gasteiger partial charge >= 0.3 is 0 Å². The van der Waals surface area contributed by atoms with Gasteiger partial charge in [0.15, 0.2) is 0 Å². The lowest BCUT2D eigenvalue weighted by Crippen LogP contribution is -2.39. The van der Waals surface area contributed by atoms with Gasteiger partial charge in [-0.1, -0.05) is 6.07 Å². The van der Waals surface area contributed by atoms with E-state index in [0.717, 1.165) is 11.1 Å². The molecule has 0 spiro atoms. The van der Waals surface area contributed by atoms with E-state index in [1.165, 1.54) is 12.1 Å². The normalized spacial score (nSPS) is 22.4. The molecule has 2 atom stereocenters. The summed E-state index contributed by atoms with van der Waals surface area (Å²) in [4.78, 5) is 0. The number of ether oxygens (including phenoxy) is 2. The second-order valence-electron chi connectivity index (χ2n) is 4.33. The Labute approximate surface area is 100 Å². The third kappa shape index (κ3) is 3.25. The van der Waals surface area contributed by atoms with E-state index in [9.17, 15) is 9.50 Å². The largest absolute Gasteiger partial charge is 0.390 e. The lowest BCUT2D eigenvalue weighted by molar-refractivity contribution is -0.131. The number of aliphatic hydroxyl groups is 1. The fourth-order valence-electron chi connectivity index (χ4n) is 1.97. The molecule has 2 rings (SSSR count). The standard InChI is InChI=1S/C13H17FO3/c1-9-6-11(14)3-2-10(9)7-12(15)13-8-16-4-5-17-13/h2-3,6,12-13,15H,4-5,7-8H2,1H3. The molecule has 0 bridgehead atoms. The minimum atomic E-state index is -0.612. The quantitative estimate of drug-likeness (QED) is 0.869. The van der Waals surface area contributed by atoms with Gasteiger partial charge in [0.05, 0.1) is 25.9 Å². The average Bonchev–Trinajstić information content (AvgIpc) is 2.34. The molecule has 1 fully saturated rings. The van der Waals surface area contributed by atoms with Crippen LogP contribution in [0, 0.1) is 12.7 Å². The Hall–Kier alpha value is -0.970. The van der Waals surface area contributed by atoms with Crippen molar-refractivity contribution in [3.63, 3.8) is 0 Å². The Morgan fingerprint density at radius 2 is 2.29 bits per heavy atom. The molecule has 0 aromatic heterocycles. The van der Waals surface area contributed by atoms with Crippen molar-refractivity contribution in [2.45, 2.75) is 25.6 Å². The van der Waals surface area contributed by atoms with Crippen LogP contribution in [0.1, 0.15) is 11.1 Å². The molecule has 4 heteroatoms. The predicted molar refractivity (Wildman–Crippen MR) is 61.4 cm³/mol. The van der Waals surface area contributed by atoms with E-state index in [-0.39, 0.29) is 11.9 Å². The van der Waals surface area contributed by atoms with E-state index in [2.05, 4.69) is 0 Å². The molecule has 17 heavy (non-hydrogen) atoms. The maximum absolute atomic E-state index is 12.9. The summed E-state index contributed by atoms with van der Waals surface area (Å²) >= 11 is 0. The maximum Gasteiger partial charge on any atom is 0.123 e. The van der Waals surface area contributed by atoms with Crippen LogP contribution in [0.4, 0.5) is 4.39 Å². The first-order valence-electron chi connectivity index (χ1n) is 5.79. The second-order valence-corrected chi connectivity index (χ2v) is 4.33. The molecule has 0 amide bonds. The van der Waals surface area contributed by atoms with E-state index in [1.54, 1.807) is 6.07 Å². The molecule has 1 aliphatic heterocycles. The first kappa shape index (κ1) is 12.5. The fourth-order valence-corrected chi connectivity index (χ4v) is 1.97. The van der Waals surface area contributed by atoms with Crippen LogP contribution in [0.15, 0.2) is 18.2 Å². The van der Waals surface area contributed by atoms with Crippen molar-refractivity contribution < 1.29 is 19.0 Å². The Balaban J connectivity index is 1.99. The van der Waals surface area contributed by atoms with Gasteiger partial charge in [-0.15, -0.1) is 0 Å². The van der Waals surface area contributed by atoms with Crippen molar-refractivity contribution in [1.82, 2.24) is 0 Å². The molecule has 2 unspecified atom stereocenters. The van der Waals surface area contributed by atoms with Gasteiger partial charge in [-0.3, -0.25) is 0 Å². The zero-order valence-electron chi connectivity index (χ0n) is 9.86. The van der Waals surface area contributed by atoms with Crippen LogP contribution in [0.25, 0.3) is 0 Å². The molecule has 94 valence electrons. The van der Waals surface area contributed by atoms with Gasteiger partial charge in [-0.25, -0.2) is 4.39 Å². The summed E-state index contributed by atoms with van der Waals surface area (Å²) in [5, 5.41) is 10.0. The van der Waals surface area contributed by atoms with Crippen LogP contribution in [0.3, 0.4) is 0 Å². The van der Waals surface area contributed by atoms with Crippen LogP contribution in [-0.4, -0.2) is 37.1 Å². The lowest BCUT2D eigenvalue weighted by atomic mass is 9.99. The lowest BCUT2D eigenvalue weighted by Gasteiger charge is -2.27. The third-order valence-electron chi connectivity index (χ3n) is 3.00.